The van der Waals surface area contributed by atoms with Crippen molar-refractivity contribution in [3.8, 4) is 0 Å². The highest BCUT2D eigenvalue weighted by Crippen LogP contribution is 2.73. The Morgan fingerprint density at radius 3 is 2.48 bits per heavy atom. The van der Waals surface area contributed by atoms with Crippen LogP contribution in [0.25, 0.3) is 0 Å². The number of esters is 1. The molecule has 1 spiro atoms. The first kappa shape index (κ1) is 28.7. The Morgan fingerprint density at radius 2 is 1.85 bits per heavy atom. The van der Waals surface area contributed by atoms with Crippen LogP contribution in [0.5, 0.6) is 0 Å². The first-order valence-corrected chi connectivity index (χ1v) is 15.8. The van der Waals surface area contributed by atoms with Crippen molar-refractivity contribution in [2.45, 2.75) is 95.7 Å². The van der Waals surface area contributed by atoms with Gasteiger partial charge in [-0.1, -0.05) is 19.4 Å². The smallest absolute Gasteiger partial charge is 0.397 e. The molecule has 2 heterocycles. The van der Waals surface area contributed by atoms with Gasteiger partial charge in [-0.2, -0.15) is 8.42 Å². The van der Waals surface area contributed by atoms with Gasteiger partial charge in [0.15, 0.2) is 0 Å². The number of cyclic esters (lactones) is 1. The summed E-state index contributed by atoms with van der Waals surface area (Å²) in [5.74, 6) is -0.418. The Labute approximate surface area is 234 Å². The number of carbonyl (C=O) groups excluding carboxylic acids is 2. The predicted octanol–water partition coefficient (Wildman–Crippen LogP) is 1.35. The highest BCUT2D eigenvalue weighted by molar-refractivity contribution is 7.80. The summed E-state index contributed by atoms with van der Waals surface area (Å²) in [7, 11) is -4.91. The third kappa shape index (κ3) is 3.72. The van der Waals surface area contributed by atoms with Crippen LogP contribution in [-0.2, 0) is 33.6 Å². The number of hydrogen-bond donors (Lipinski definition) is 4. The van der Waals surface area contributed by atoms with Crippen LogP contribution in [0, 0.1) is 40.4 Å². The van der Waals surface area contributed by atoms with Crippen molar-refractivity contribution in [3.63, 3.8) is 0 Å². The predicted molar refractivity (Wildman–Crippen MR) is 138 cm³/mol. The van der Waals surface area contributed by atoms with E-state index in [1.807, 2.05) is 6.92 Å². The fourth-order valence-electron chi connectivity index (χ4n) is 10.4. The van der Waals surface area contributed by atoms with Crippen LogP contribution in [0.3, 0.4) is 0 Å². The average molecular weight is 585 g/mol. The van der Waals surface area contributed by atoms with Crippen LogP contribution >= 0.6 is 0 Å². The van der Waals surface area contributed by atoms with Crippen molar-refractivity contribution in [1.29, 1.82) is 0 Å². The Bertz CT molecular complexity index is 1250. The van der Waals surface area contributed by atoms with Crippen molar-refractivity contribution >= 4 is 22.2 Å². The van der Waals surface area contributed by atoms with E-state index in [9.17, 15) is 37.9 Å². The maximum absolute atomic E-state index is 13.8. The molecule has 6 rings (SSSR count). The van der Waals surface area contributed by atoms with Gasteiger partial charge in [0.05, 0.1) is 30.3 Å². The molecule has 1 saturated heterocycles. The maximum atomic E-state index is 13.8. The average Bonchev–Trinajstić information content (AvgIpc) is 3.50. The molecule has 0 bridgehead atoms. The van der Waals surface area contributed by atoms with Crippen molar-refractivity contribution in [1.82, 2.24) is 0 Å². The zero-order chi connectivity index (χ0) is 29.0. The molecule has 224 valence electrons. The number of carbonyl (C=O) groups is 2. The van der Waals surface area contributed by atoms with Gasteiger partial charge in [-0.3, -0.25) is 9.35 Å². The van der Waals surface area contributed by atoms with Gasteiger partial charge in [0.2, 0.25) is 0 Å². The highest BCUT2D eigenvalue weighted by atomic mass is 32.3. The molecule has 0 unspecified atom stereocenters. The van der Waals surface area contributed by atoms with E-state index in [4.69, 9.17) is 9.47 Å². The zero-order valence-corrected chi connectivity index (χ0v) is 23.9. The summed E-state index contributed by atoms with van der Waals surface area (Å²) < 4.78 is 48.6. The van der Waals surface area contributed by atoms with Gasteiger partial charge < -0.3 is 24.8 Å². The minimum atomic E-state index is -4.91. The second-order valence-electron chi connectivity index (χ2n) is 13.4. The number of epoxide rings is 1. The molecule has 2 aliphatic heterocycles. The zero-order valence-electron chi connectivity index (χ0n) is 23.1. The standard InChI is InChI=1S/C28H40O11S/c1-13-8-20(37-25(33)16(13)11-29)14(2)17-4-5-18-15-9-23-28(38-23)24(32)21(39-40(34,35)36)10-22(31)27(28,12-30)19(15)6-7-26(17,18)3/h14-15,17-21,23-24,29-30,32H,4-12H2,1-3H3,(H,34,35,36)/t14-,15-,17+,18-,19-,20+,21-,23+,24-,26+,27-,28-/m0/s1. The van der Waals surface area contributed by atoms with Crippen LogP contribution in [0.4, 0.5) is 0 Å². The molecular formula is C28H40O11S. The molecule has 12 atom stereocenters. The molecule has 0 radical (unpaired) electrons. The molecule has 6 aliphatic rings. The maximum Gasteiger partial charge on any atom is 0.397 e. The van der Waals surface area contributed by atoms with E-state index in [1.165, 1.54) is 0 Å². The van der Waals surface area contributed by atoms with E-state index in [0.29, 0.717) is 24.8 Å². The molecule has 12 heteroatoms. The molecule has 0 aromatic heterocycles. The minimum absolute atomic E-state index is 0.0652. The lowest BCUT2D eigenvalue weighted by Crippen LogP contribution is -2.70. The number of rotatable bonds is 6. The monoisotopic (exact) mass is 584 g/mol. The summed E-state index contributed by atoms with van der Waals surface area (Å²) in [6.45, 7) is 5.46. The van der Waals surface area contributed by atoms with E-state index in [2.05, 4.69) is 18.0 Å². The second kappa shape index (κ2) is 9.29. The molecular weight excluding hydrogens is 544 g/mol. The van der Waals surface area contributed by atoms with E-state index < -0.39 is 64.5 Å². The van der Waals surface area contributed by atoms with Crippen molar-refractivity contribution in [2.75, 3.05) is 13.2 Å². The number of ether oxygens (including phenoxy) is 2. The molecule has 0 amide bonds. The quantitative estimate of drug-likeness (QED) is 0.201. The number of Topliss-reactive ketones (excluding diaryl/α,β-unsaturated/α-hetero) is 1. The SMILES string of the molecule is CC1=C(CO)C(=O)O[C@@H]([C@@H](C)[C@H]2CC[C@H]3[C@@H]4C[C@H]5O[C@]56[C@@H](O)[C@@H](OS(=O)(=O)O)CC(=O)[C@]6(CO)[C@H]4CC[C@]23C)C1. The van der Waals surface area contributed by atoms with Crippen LogP contribution in [0.1, 0.15) is 65.7 Å². The normalized spacial score (nSPS) is 49.0. The number of aliphatic hydroxyl groups excluding tert-OH is 3. The summed E-state index contributed by atoms with van der Waals surface area (Å²) >= 11 is 0. The fourth-order valence-corrected chi connectivity index (χ4v) is 10.8. The molecule has 0 aromatic rings. The van der Waals surface area contributed by atoms with Gasteiger partial charge in [0.1, 0.15) is 29.7 Å². The number of fused-ring (bicyclic) bond motifs is 4. The van der Waals surface area contributed by atoms with Crippen molar-refractivity contribution in [2.24, 2.45) is 40.4 Å². The van der Waals surface area contributed by atoms with Gasteiger partial charge in [-0.15, -0.1) is 0 Å². The van der Waals surface area contributed by atoms with Gasteiger partial charge >= 0.3 is 16.4 Å². The highest BCUT2D eigenvalue weighted by Gasteiger charge is 2.84. The van der Waals surface area contributed by atoms with Crippen LogP contribution in [-0.4, -0.2) is 83.3 Å². The third-order valence-corrected chi connectivity index (χ3v) is 12.7. The number of hydrogen-bond acceptors (Lipinski definition) is 10. The summed E-state index contributed by atoms with van der Waals surface area (Å²) in [6.07, 6.45) is 0.263. The lowest BCUT2D eigenvalue weighted by molar-refractivity contribution is -0.190. The summed E-state index contributed by atoms with van der Waals surface area (Å²) in [4.78, 5) is 26.3. The molecule has 4 N–H and O–H groups in total. The largest absolute Gasteiger partial charge is 0.458 e. The molecule has 4 aliphatic carbocycles. The van der Waals surface area contributed by atoms with Gasteiger partial charge in [0, 0.05) is 12.8 Å². The molecule has 11 nitrogen and oxygen atoms in total. The van der Waals surface area contributed by atoms with Gasteiger partial charge in [-0.05, 0) is 74.0 Å². The molecule has 0 aromatic carbocycles. The lowest BCUT2D eigenvalue weighted by Gasteiger charge is -2.60. The number of aliphatic hydroxyl groups is 3. The summed E-state index contributed by atoms with van der Waals surface area (Å²) in [5, 5.41) is 31.6. The Morgan fingerprint density at radius 1 is 1.12 bits per heavy atom. The van der Waals surface area contributed by atoms with Gasteiger partial charge in [-0.25, -0.2) is 8.98 Å². The van der Waals surface area contributed by atoms with E-state index in [-0.39, 0.29) is 47.7 Å². The van der Waals surface area contributed by atoms with Crippen LogP contribution in [0.2, 0.25) is 0 Å². The minimum Gasteiger partial charge on any atom is -0.458 e. The van der Waals surface area contributed by atoms with E-state index >= 15 is 0 Å². The Balaban J connectivity index is 1.27. The van der Waals surface area contributed by atoms with E-state index in [0.717, 1.165) is 24.8 Å². The van der Waals surface area contributed by atoms with Crippen LogP contribution in [0.15, 0.2) is 11.1 Å². The van der Waals surface area contributed by atoms with Crippen molar-refractivity contribution in [3.05, 3.63) is 11.1 Å². The lowest BCUT2D eigenvalue weighted by atomic mass is 9.43. The third-order valence-electron chi connectivity index (χ3n) is 12.2. The molecule has 4 saturated carbocycles. The first-order chi connectivity index (χ1) is 18.7. The van der Waals surface area contributed by atoms with Crippen molar-refractivity contribution < 1.29 is 51.5 Å². The van der Waals surface area contributed by atoms with Gasteiger partial charge in [0.25, 0.3) is 0 Å². The van der Waals surface area contributed by atoms with E-state index in [1.54, 1.807) is 0 Å². The number of ketones is 1. The Hall–Kier alpha value is -1.41. The molecule has 5 fully saturated rings. The first-order valence-electron chi connectivity index (χ1n) is 14.4. The second-order valence-corrected chi connectivity index (χ2v) is 14.5. The summed E-state index contributed by atoms with van der Waals surface area (Å²) in [6, 6.07) is 0. The fraction of sp³-hybridized carbons (Fsp3) is 0.857. The summed E-state index contributed by atoms with van der Waals surface area (Å²) in [5.41, 5.74) is -1.68. The van der Waals surface area contributed by atoms with Crippen LogP contribution < -0.4 is 0 Å². The topological polar surface area (TPSA) is 180 Å². The Kier molecular flexibility index (Phi) is 6.67. The molecule has 40 heavy (non-hydrogen) atoms.